The van der Waals surface area contributed by atoms with Crippen LogP contribution in [0.3, 0.4) is 0 Å². The van der Waals surface area contributed by atoms with Crippen LogP contribution >= 0.6 is 15.9 Å². The highest BCUT2D eigenvalue weighted by atomic mass is 79.9. The molecule has 0 fully saturated rings. The van der Waals surface area contributed by atoms with Crippen LogP contribution in [0, 0.1) is 5.82 Å². The molecule has 4 heteroatoms. The van der Waals surface area contributed by atoms with E-state index in [1.54, 1.807) is 25.1 Å². The summed E-state index contributed by atoms with van der Waals surface area (Å²) in [6.45, 7) is 1.57. The summed E-state index contributed by atoms with van der Waals surface area (Å²) in [5.74, 6) is -0.0693. The van der Waals surface area contributed by atoms with Crippen LogP contribution in [-0.2, 0) is 5.60 Å². The van der Waals surface area contributed by atoms with E-state index in [0.717, 1.165) is 4.47 Å². The minimum Gasteiger partial charge on any atom is -0.497 e. The molecular formula is C15H14BrFO2. The molecule has 2 aromatic rings. The van der Waals surface area contributed by atoms with Crippen molar-refractivity contribution in [3.8, 4) is 5.75 Å². The second-order valence-corrected chi connectivity index (χ2v) is 5.34. The number of hydrogen-bond donors (Lipinski definition) is 1. The molecule has 100 valence electrons. The maximum Gasteiger partial charge on any atom is 0.133 e. The molecule has 19 heavy (non-hydrogen) atoms. The van der Waals surface area contributed by atoms with E-state index in [1.165, 1.54) is 19.2 Å². The Balaban J connectivity index is 2.46. The normalized spacial score (nSPS) is 13.9. The Hall–Kier alpha value is -1.39. The minimum atomic E-state index is -1.39. The Kier molecular flexibility index (Phi) is 3.92. The summed E-state index contributed by atoms with van der Waals surface area (Å²) in [5, 5.41) is 10.6. The Bertz CT molecular complexity index is 579. The van der Waals surface area contributed by atoms with Gasteiger partial charge in [-0.1, -0.05) is 28.1 Å². The number of aliphatic hydroxyl groups is 1. The van der Waals surface area contributed by atoms with Crippen LogP contribution in [-0.4, -0.2) is 12.2 Å². The van der Waals surface area contributed by atoms with E-state index in [0.29, 0.717) is 11.3 Å². The Morgan fingerprint density at radius 1 is 1.16 bits per heavy atom. The minimum absolute atomic E-state index is 0.218. The second kappa shape index (κ2) is 5.31. The molecule has 0 amide bonds. The first-order chi connectivity index (χ1) is 8.95. The highest BCUT2D eigenvalue weighted by Gasteiger charge is 2.28. The average molecular weight is 325 g/mol. The number of methoxy groups -OCH3 is 1. The van der Waals surface area contributed by atoms with E-state index in [9.17, 15) is 9.50 Å². The molecule has 0 saturated carbocycles. The van der Waals surface area contributed by atoms with Crippen LogP contribution in [0.15, 0.2) is 46.9 Å². The zero-order chi connectivity index (χ0) is 14.0. The van der Waals surface area contributed by atoms with E-state index < -0.39 is 11.4 Å². The van der Waals surface area contributed by atoms with Gasteiger partial charge in [0.05, 0.1) is 7.11 Å². The molecule has 2 aromatic carbocycles. The van der Waals surface area contributed by atoms with Crippen LogP contribution < -0.4 is 4.74 Å². The van der Waals surface area contributed by atoms with Crippen molar-refractivity contribution in [3.05, 3.63) is 63.9 Å². The van der Waals surface area contributed by atoms with Crippen molar-refractivity contribution in [2.24, 2.45) is 0 Å². The summed E-state index contributed by atoms with van der Waals surface area (Å²) in [4.78, 5) is 0. The van der Waals surface area contributed by atoms with Crippen LogP contribution in [0.2, 0.25) is 0 Å². The SMILES string of the molecule is COc1ccc(C(C)(O)c2ccc(Br)cc2)c(F)c1. The largest absolute Gasteiger partial charge is 0.497 e. The van der Waals surface area contributed by atoms with Gasteiger partial charge in [0, 0.05) is 16.1 Å². The number of rotatable bonds is 3. The summed E-state index contributed by atoms with van der Waals surface area (Å²) in [5.41, 5.74) is -0.549. The van der Waals surface area contributed by atoms with Gasteiger partial charge in [0.1, 0.15) is 17.2 Å². The zero-order valence-corrected chi connectivity index (χ0v) is 12.2. The van der Waals surface area contributed by atoms with Crippen LogP contribution in [0.5, 0.6) is 5.75 Å². The van der Waals surface area contributed by atoms with Crippen molar-refractivity contribution in [2.75, 3.05) is 7.11 Å². The van der Waals surface area contributed by atoms with Gasteiger partial charge in [0.2, 0.25) is 0 Å². The molecule has 0 radical (unpaired) electrons. The van der Waals surface area contributed by atoms with Gasteiger partial charge in [-0.3, -0.25) is 0 Å². The molecule has 0 saturated heterocycles. The predicted octanol–water partition coefficient (Wildman–Crippen LogP) is 3.85. The van der Waals surface area contributed by atoms with E-state index in [2.05, 4.69) is 15.9 Å². The lowest BCUT2D eigenvalue weighted by molar-refractivity contribution is 0.0978. The Morgan fingerprint density at radius 3 is 2.32 bits per heavy atom. The molecule has 0 spiro atoms. The topological polar surface area (TPSA) is 29.5 Å². The molecule has 0 heterocycles. The number of hydrogen-bond acceptors (Lipinski definition) is 2. The van der Waals surface area contributed by atoms with Crippen molar-refractivity contribution >= 4 is 15.9 Å². The van der Waals surface area contributed by atoms with Crippen molar-refractivity contribution in [2.45, 2.75) is 12.5 Å². The van der Waals surface area contributed by atoms with Crippen molar-refractivity contribution in [1.29, 1.82) is 0 Å². The Morgan fingerprint density at radius 2 is 1.79 bits per heavy atom. The molecule has 1 atom stereocenters. The third kappa shape index (κ3) is 2.80. The van der Waals surface area contributed by atoms with E-state index in [-0.39, 0.29) is 5.56 Å². The summed E-state index contributed by atoms with van der Waals surface area (Å²) in [6, 6.07) is 11.6. The fourth-order valence-corrected chi connectivity index (χ4v) is 2.21. The van der Waals surface area contributed by atoms with E-state index in [1.807, 2.05) is 12.1 Å². The zero-order valence-electron chi connectivity index (χ0n) is 10.7. The van der Waals surface area contributed by atoms with E-state index >= 15 is 0 Å². The fourth-order valence-electron chi connectivity index (χ4n) is 1.95. The molecule has 1 N–H and O–H groups in total. The van der Waals surface area contributed by atoms with Gasteiger partial charge in [-0.15, -0.1) is 0 Å². The highest BCUT2D eigenvalue weighted by Crippen LogP contribution is 2.33. The maximum atomic E-state index is 14.0. The lowest BCUT2D eigenvalue weighted by atomic mass is 9.88. The molecular weight excluding hydrogens is 311 g/mol. The number of benzene rings is 2. The summed E-state index contributed by atoms with van der Waals surface area (Å²) >= 11 is 3.33. The highest BCUT2D eigenvalue weighted by molar-refractivity contribution is 9.10. The molecule has 2 nitrogen and oxygen atoms in total. The van der Waals surface area contributed by atoms with Gasteiger partial charge in [0.25, 0.3) is 0 Å². The standard InChI is InChI=1S/C15H14BrFO2/c1-15(18,10-3-5-11(16)6-4-10)13-8-7-12(19-2)9-14(13)17/h3-9,18H,1-2H3. The van der Waals surface area contributed by atoms with Gasteiger partial charge in [-0.2, -0.15) is 0 Å². The third-order valence-electron chi connectivity index (χ3n) is 3.11. The van der Waals surface area contributed by atoms with Crippen LogP contribution in [0.25, 0.3) is 0 Å². The molecule has 0 aliphatic carbocycles. The fraction of sp³-hybridized carbons (Fsp3) is 0.200. The first-order valence-corrected chi connectivity index (χ1v) is 6.57. The smallest absolute Gasteiger partial charge is 0.133 e. The molecule has 0 aromatic heterocycles. The predicted molar refractivity (Wildman–Crippen MR) is 75.8 cm³/mol. The van der Waals surface area contributed by atoms with Gasteiger partial charge in [0.15, 0.2) is 0 Å². The van der Waals surface area contributed by atoms with Gasteiger partial charge >= 0.3 is 0 Å². The average Bonchev–Trinajstić information content (AvgIpc) is 2.38. The monoisotopic (exact) mass is 324 g/mol. The summed E-state index contributed by atoms with van der Waals surface area (Å²) < 4.78 is 19.9. The van der Waals surface area contributed by atoms with Gasteiger partial charge < -0.3 is 9.84 Å². The maximum absolute atomic E-state index is 14.0. The second-order valence-electron chi connectivity index (χ2n) is 4.42. The van der Waals surface area contributed by atoms with Crippen LogP contribution in [0.1, 0.15) is 18.1 Å². The number of ether oxygens (including phenoxy) is 1. The van der Waals surface area contributed by atoms with Crippen molar-refractivity contribution in [1.82, 2.24) is 0 Å². The van der Waals surface area contributed by atoms with Crippen molar-refractivity contribution < 1.29 is 14.2 Å². The van der Waals surface area contributed by atoms with Gasteiger partial charge in [-0.05, 0) is 36.8 Å². The first kappa shape index (κ1) is 14.0. The van der Waals surface area contributed by atoms with E-state index in [4.69, 9.17) is 4.74 Å². The molecule has 1 unspecified atom stereocenters. The Labute approximate surface area is 120 Å². The lowest BCUT2D eigenvalue weighted by Crippen LogP contribution is -2.24. The summed E-state index contributed by atoms with van der Waals surface area (Å²) in [7, 11) is 1.47. The molecule has 2 rings (SSSR count). The molecule has 0 bridgehead atoms. The molecule has 0 aliphatic rings. The first-order valence-electron chi connectivity index (χ1n) is 5.77. The summed E-state index contributed by atoms with van der Waals surface area (Å²) in [6.07, 6.45) is 0. The van der Waals surface area contributed by atoms with Gasteiger partial charge in [-0.25, -0.2) is 4.39 Å². The van der Waals surface area contributed by atoms with Crippen molar-refractivity contribution in [3.63, 3.8) is 0 Å². The molecule has 0 aliphatic heterocycles. The lowest BCUT2D eigenvalue weighted by Gasteiger charge is -2.25. The van der Waals surface area contributed by atoms with Crippen LogP contribution in [0.4, 0.5) is 4.39 Å². The quantitative estimate of drug-likeness (QED) is 0.929. The number of halogens is 2. The third-order valence-corrected chi connectivity index (χ3v) is 3.64.